The van der Waals surface area contributed by atoms with Gasteiger partial charge in [0.05, 0.1) is 5.56 Å². The predicted molar refractivity (Wildman–Crippen MR) is 102 cm³/mol. The normalized spacial score (nSPS) is 21.7. The van der Waals surface area contributed by atoms with Crippen LogP contribution in [0.3, 0.4) is 0 Å². The van der Waals surface area contributed by atoms with Crippen molar-refractivity contribution in [3.05, 3.63) is 58.7 Å². The van der Waals surface area contributed by atoms with Crippen LogP contribution < -0.4 is 15.5 Å². The molecule has 0 aliphatic carbocycles. The first-order valence-corrected chi connectivity index (χ1v) is 9.30. The summed E-state index contributed by atoms with van der Waals surface area (Å²) in [6.07, 6.45) is -4.34. The van der Waals surface area contributed by atoms with Crippen LogP contribution in [0.15, 0.2) is 36.4 Å². The Bertz CT molecular complexity index is 847. The van der Waals surface area contributed by atoms with Gasteiger partial charge < -0.3 is 15.5 Å². The van der Waals surface area contributed by atoms with E-state index < -0.39 is 11.7 Å². The van der Waals surface area contributed by atoms with Crippen molar-refractivity contribution in [1.82, 2.24) is 5.32 Å². The molecule has 1 fully saturated rings. The van der Waals surface area contributed by atoms with Gasteiger partial charge in [-0.3, -0.25) is 0 Å². The summed E-state index contributed by atoms with van der Waals surface area (Å²) in [5, 5.41) is 6.69. The third kappa shape index (κ3) is 3.38. The van der Waals surface area contributed by atoms with E-state index in [0.29, 0.717) is 11.8 Å². The number of hydrogen-bond donors (Lipinski definition) is 2. The molecule has 3 nitrogen and oxygen atoms in total. The van der Waals surface area contributed by atoms with Crippen molar-refractivity contribution in [2.24, 2.45) is 5.92 Å². The summed E-state index contributed by atoms with van der Waals surface area (Å²) in [7, 11) is 2.12. The van der Waals surface area contributed by atoms with Crippen molar-refractivity contribution < 1.29 is 13.2 Å². The quantitative estimate of drug-likeness (QED) is 0.834. The van der Waals surface area contributed by atoms with Crippen LogP contribution in [0.1, 0.15) is 28.2 Å². The lowest BCUT2D eigenvalue weighted by atomic mass is 9.82. The lowest BCUT2D eigenvalue weighted by Gasteiger charge is -2.37. The van der Waals surface area contributed by atoms with Crippen molar-refractivity contribution in [2.75, 3.05) is 36.9 Å². The molecule has 2 aliphatic rings. The maximum atomic E-state index is 13.2. The Kier molecular flexibility index (Phi) is 4.54. The number of hydrogen-bond acceptors (Lipinski definition) is 3. The first kappa shape index (κ1) is 18.2. The fourth-order valence-electron chi connectivity index (χ4n) is 4.59. The number of alkyl halides is 3. The van der Waals surface area contributed by atoms with Gasteiger partial charge in [-0.15, -0.1) is 0 Å². The second kappa shape index (κ2) is 6.75. The summed E-state index contributed by atoms with van der Waals surface area (Å²) < 4.78 is 39.6. The molecule has 2 aromatic carbocycles. The number of nitrogens with zero attached hydrogens (tertiary/aromatic N) is 1. The van der Waals surface area contributed by atoms with E-state index in [9.17, 15) is 13.2 Å². The maximum absolute atomic E-state index is 13.2. The van der Waals surface area contributed by atoms with Crippen LogP contribution in [0.25, 0.3) is 0 Å². The molecule has 2 aliphatic heterocycles. The summed E-state index contributed by atoms with van der Waals surface area (Å²) in [4.78, 5) is 2.31. The number of fused-ring (bicyclic) bond motifs is 3. The molecular weight excluding hydrogens is 351 g/mol. The van der Waals surface area contributed by atoms with Gasteiger partial charge in [-0.05, 0) is 47.7 Å². The van der Waals surface area contributed by atoms with Gasteiger partial charge in [0.2, 0.25) is 0 Å². The minimum atomic E-state index is -4.34. The first-order chi connectivity index (χ1) is 12.8. The summed E-state index contributed by atoms with van der Waals surface area (Å²) >= 11 is 0. The molecule has 6 heteroatoms. The lowest BCUT2D eigenvalue weighted by Crippen LogP contribution is -2.35. The third-order valence-electron chi connectivity index (χ3n) is 5.77. The molecule has 2 N–H and O–H groups in total. The maximum Gasteiger partial charge on any atom is 0.416 e. The van der Waals surface area contributed by atoms with Crippen LogP contribution >= 0.6 is 0 Å². The van der Waals surface area contributed by atoms with Crippen LogP contribution in [0.2, 0.25) is 0 Å². The van der Waals surface area contributed by atoms with E-state index in [-0.39, 0.29) is 12.1 Å². The zero-order valence-electron chi connectivity index (χ0n) is 15.5. The van der Waals surface area contributed by atoms with E-state index in [1.165, 1.54) is 23.4 Å². The SMILES string of the molecule is Cc1cc(NCc2ccccc2C(F)(F)F)cc2c1N(C)CC1CNCC21. The molecular formula is C21H24F3N3. The molecule has 0 saturated carbocycles. The molecule has 0 radical (unpaired) electrons. The van der Waals surface area contributed by atoms with E-state index in [0.717, 1.165) is 37.0 Å². The average molecular weight is 375 g/mol. The number of nitrogens with one attached hydrogen (secondary N) is 2. The Balaban J connectivity index is 1.62. The molecule has 144 valence electrons. The van der Waals surface area contributed by atoms with Gasteiger partial charge in [0.25, 0.3) is 0 Å². The van der Waals surface area contributed by atoms with Crippen molar-refractivity contribution >= 4 is 11.4 Å². The minimum Gasteiger partial charge on any atom is -0.381 e. The molecule has 2 atom stereocenters. The van der Waals surface area contributed by atoms with Gasteiger partial charge in [0.1, 0.15) is 0 Å². The molecule has 2 aromatic rings. The minimum absolute atomic E-state index is 0.149. The van der Waals surface area contributed by atoms with Gasteiger partial charge in [-0.1, -0.05) is 18.2 Å². The highest BCUT2D eigenvalue weighted by Gasteiger charge is 2.36. The fourth-order valence-corrected chi connectivity index (χ4v) is 4.59. The zero-order chi connectivity index (χ0) is 19.2. The molecule has 1 saturated heterocycles. The van der Waals surface area contributed by atoms with Gasteiger partial charge in [-0.25, -0.2) is 0 Å². The van der Waals surface area contributed by atoms with Gasteiger partial charge in [-0.2, -0.15) is 13.2 Å². The van der Waals surface area contributed by atoms with E-state index in [1.54, 1.807) is 6.07 Å². The van der Waals surface area contributed by atoms with Crippen LogP contribution in [-0.2, 0) is 12.7 Å². The van der Waals surface area contributed by atoms with Crippen LogP contribution in [0.4, 0.5) is 24.5 Å². The van der Waals surface area contributed by atoms with Crippen molar-refractivity contribution in [3.63, 3.8) is 0 Å². The highest BCUT2D eigenvalue weighted by molar-refractivity contribution is 5.68. The van der Waals surface area contributed by atoms with Gasteiger partial charge in [0, 0.05) is 50.5 Å². The Morgan fingerprint density at radius 2 is 1.96 bits per heavy atom. The number of anilines is 2. The van der Waals surface area contributed by atoms with Gasteiger partial charge in [0.15, 0.2) is 0 Å². The van der Waals surface area contributed by atoms with Crippen LogP contribution in [-0.4, -0.2) is 26.7 Å². The Morgan fingerprint density at radius 1 is 1.19 bits per heavy atom. The Morgan fingerprint density at radius 3 is 2.74 bits per heavy atom. The molecule has 0 aromatic heterocycles. The first-order valence-electron chi connectivity index (χ1n) is 9.30. The molecule has 27 heavy (non-hydrogen) atoms. The van der Waals surface area contributed by atoms with E-state index in [1.807, 2.05) is 6.07 Å². The Hall–Kier alpha value is -2.21. The summed E-state index contributed by atoms with van der Waals surface area (Å²) in [6.45, 7) is 5.25. The highest BCUT2D eigenvalue weighted by atomic mass is 19.4. The standard InChI is InChI=1S/C21H24F3N3/c1-13-7-16(26-10-14-5-3-4-6-19(14)21(22,23)24)8-17-18-11-25-9-15(18)12-27(2)20(13)17/h3-8,15,18,25-26H,9-12H2,1-2H3. The van der Waals surface area contributed by atoms with Crippen molar-refractivity contribution in [1.29, 1.82) is 0 Å². The van der Waals surface area contributed by atoms with Crippen LogP contribution in [0.5, 0.6) is 0 Å². The van der Waals surface area contributed by atoms with Crippen molar-refractivity contribution in [2.45, 2.75) is 25.6 Å². The lowest BCUT2D eigenvalue weighted by molar-refractivity contribution is -0.138. The highest BCUT2D eigenvalue weighted by Crippen LogP contribution is 2.43. The average Bonchev–Trinajstić information content (AvgIpc) is 3.07. The summed E-state index contributed by atoms with van der Waals surface area (Å²) in [5.41, 5.74) is 4.28. The topological polar surface area (TPSA) is 27.3 Å². The molecule has 2 unspecified atom stereocenters. The van der Waals surface area contributed by atoms with E-state index >= 15 is 0 Å². The Labute approximate surface area is 157 Å². The molecule has 2 heterocycles. The molecule has 0 bridgehead atoms. The molecule has 4 rings (SSSR count). The third-order valence-corrected chi connectivity index (χ3v) is 5.77. The summed E-state index contributed by atoms with van der Waals surface area (Å²) in [5.74, 6) is 1.06. The number of rotatable bonds is 3. The van der Waals surface area contributed by atoms with Crippen molar-refractivity contribution in [3.8, 4) is 0 Å². The predicted octanol–water partition coefficient (Wildman–Crippen LogP) is 4.38. The molecule has 0 spiro atoms. The fraction of sp³-hybridized carbons (Fsp3) is 0.429. The largest absolute Gasteiger partial charge is 0.416 e. The number of benzene rings is 2. The second-order valence-corrected chi connectivity index (χ2v) is 7.64. The smallest absolute Gasteiger partial charge is 0.381 e. The number of halogens is 3. The van der Waals surface area contributed by atoms with Crippen LogP contribution in [0, 0.1) is 12.8 Å². The zero-order valence-corrected chi connectivity index (χ0v) is 15.5. The molecule has 0 amide bonds. The summed E-state index contributed by atoms with van der Waals surface area (Å²) in [6, 6.07) is 9.91. The van der Waals surface area contributed by atoms with E-state index in [4.69, 9.17) is 0 Å². The monoisotopic (exact) mass is 375 g/mol. The number of aryl methyl sites for hydroxylation is 1. The second-order valence-electron chi connectivity index (χ2n) is 7.64. The van der Waals surface area contributed by atoms with E-state index in [2.05, 4.69) is 35.6 Å². The van der Waals surface area contributed by atoms with Gasteiger partial charge >= 0.3 is 6.18 Å².